The first kappa shape index (κ1) is 21.8. The van der Waals surface area contributed by atoms with Crippen molar-refractivity contribution >= 4 is 21.6 Å². The number of nitrogens with one attached hydrogen (secondary N) is 1. The van der Waals surface area contributed by atoms with Crippen molar-refractivity contribution in [2.75, 3.05) is 43.5 Å². The summed E-state index contributed by atoms with van der Waals surface area (Å²) in [6.45, 7) is 4.94. The second-order valence-electron chi connectivity index (χ2n) is 7.06. The van der Waals surface area contributed by atoms with Crippen molar-refractivity contribution in [1.82, 2.24) is 5.32 Å². The number of hydrogen-bond donors (Lipinski definition) is 1. The molecular weight excluding hydrogens is 408 g/mol. The highest BCUT2D eigenvalue weighted by Gasteiger charge is 2.23. The summed E-state index contributed by atoms with van der Waals surface area (Å²) in [6.07, 6.45) is 1.06. The number of nitrogens with zero attached hydrogens (tertiary/aromatic N) is 1. The highest BCUT2D eigenvalue weighted by molar-refractivity contribution is 7.92. The van der Waals surface area contributed by atoms with E-state index in [1.165, 1.54) is 0 Å². The summed E-state index contributed by atoms with van der Waals surface area (Å²) < 4.78 is 42.2. The predicted molar refractivity (Wildman–Crippen MR) is 114 cm³/mol. The topological polar surface area (TPSA) is 94.2 Å². The van der Waals surface area contributed by atoms with Crippen molar-refractivity contribution in [3.8, 4) is 17.2 Å². The number of benzene rings is 2. The lowest BCUT2D eigenvalue weighted by atomic mass is 10.1. The molecule has 0 spiro atoms. The molecule has 1 amide bonds. The van der Waals surface area contributed by atoms with E-state index in [-0.39, 0.29) is 19.7 Å². The summed E-state index contributed by atoms with van der Waals surface area (Å²) in [6, 6.07) is 10.7. The molecule has 1 N–H and O–H groups in total. The van der Waals surface area contributed by atoms with Gasteiger partial charge in [-0.25, -0.2) is 8.42 Å². The lowest BCUT2D eigenvalue weighted by Crippen LogP contribution is -2.41. The minimum Gasteiger partial charge on any atom is -0.491 e. The third-order valence-corrected chi connectivity index (χ3v) is 5.67. The molecule has 9 heteroatoms. The number of rotatable bonds is 8. The van der Waals surface area contributed by atoms with Crippen LogP contribution in [0.5, 0.6) is 17.2 Å². The van der Waals surface area contributed by atoms with Gasteiger partial charge in [0.05, 0.1) is 18.5 Å². The second-order valence-corrected chi connectivity index (χ2v) is 8.97. The van der Waals surface area contributed by atoms with Crippen molar-refractivity contribution in [2.24, 2.45) is 0 Å². The van der Waals surface area contributed by atoms with Crippen LogP contribution < -0.4 is 23.8 Å². The average molecular weight is 435 g/mol. The molecule has 1 aliphatic heterocycles. The van der Waals surface area contributed by atoms with Gasteiger partial charge in [-0.05, 0) is 43.2 Å². The number of carbonyl (C=O) groups is 1. The van der Waals surface area contributed by atoms with Crippen LogP contribution in [0.2, 0.25) is 0 Å². The smallest absolute Gasteiger partial charge is 0.240 e. The molecule has 0 bridgehead atoms. The van der Waals surface area contributed by atoms with E-state index in [1.54, 1.807) is 18.2 Å². The quantitative estimate of drug-likeness (QED) is 0.639. The highest BCUT2D eigenvalue weighted by atomic mass is 32.2. The molecule has 162 valence electrons. The van der Waals surface area contributed by atoms with Crippen LogP contribution in [0.4, 0.5) is 5.69 Å². The lowest BCUT2D eigenvalue weighted by Gasteiger charge is -2.24. The Morgan fingerprint density at radius 3 is 2.57 bits per heavy atom. The first-order chi connectivity index (χ1) is 14.2. The van der Waals surface area contributed by atoms with Gasteiger partial charge in [-0.2, -0.15) is 0 Å². The summed E-state index contributed by atoms with van der Waals surface area (Å²) in [5, 5.41) is 2.70. The predicted octanol–water partition coefficient (Wildman–Crippen LogP) is 2.04. The summed E-state index contributed by atoms with van der Waals surface area (Å²) in [5.41, 5.74) is 2.43. The number of anilines is 1. The standard InChI is InChI=1S/C21H26N2O6S/c1-15-4-5-16(2)19(12-15)27-9-8-22-21(24)14-23(30(3,25)26)17-6-7-18-20(13-17)29-11-10-28-18/h4-7,12-13H,8-11,14H2,1-3H3,(H,22,24). The molecule has 0 aromatic heterocycles. The highest BCUT2D eigenvalue weighted by Crippen LogP contribution is 2.34. The number of aryl methyl sites for hydroxylation is 2. The van der Waals surface area contributed by atoms with E-state index in [9.17, 15) is 13.2 Å². The minimum atomic E-state index is -3.68. The van der Waals surface area contributed by atoms with Crippen LogP contribution in [0, 0.1) is 13.8 Å². The van der Waals surface area contributed by atoms with Crippen molar-refractivity contribution in [3.63, 3.8) is 0 Å². The molecule has 0 saturated carbocycles. The van der Waals surface area contributed by atoms with Crippen molar-refractivity contribution < 1.29 is 27.4 Å². The first-order valence-electron chi connectivity index (χ1n) is 9.58. The molecule has 0 unspecified atom stereocenters. The Balaban J connectivity index is 1.59. The number of hydrogen-bond acceptors (Lipinski definition) is 6. The van der Waals surface area contributed by atoms with Crippen LogP contribution in [0.25, 0.3) is 0 Å². The van der Waals surface area contributed by atoms with Crippen molar-refractivity contribution in [3.05, 3.63) is 47.5 Å². The van der Waals surface area contributed by atoms with Crippen LogP contribution in [0.3, 0.4) is 0 Å². The Hall–Kier alpha value is -2.94. The molecule has 0 atom stereocenters. The zero-order chi connectivity index (χ0) is 21.7. The fourth-order valence-corrected chi connectivity index (χ4v) is 3.84. The molecule has 2 aromatic rings. The molecule has 1 aliphatic rings. The van der Waals surface area contributed by atoms with E-state index in [4.69, 9.17) is 14.2 Å². The van der Waals surface area contributed by atoms with Gasteiger partial charge in [0.1, 0.15) is 32.1 Å². The Morgan fingerprint density at radius 1 is 1.10 bits per heavy atom. The molecule has 0 aliphatic carbocycles. The monoisotopic (exact) mass is 434 g/mol. The fourth-order valence-electron chi connectivity index (χ4n) is 2.99. The number of carbonyl (C=O) groups excluding carboxylic acids is 1. The van der Waals surface area contributed by atoms with Crippen molar-refractivity contribution in [2.45, 2.75) is 13.8 Å². The van der Waals surface area contributed by atoms with Gasteiger partial charge in [0, 0.05) is 6.07 Å². The van der Waals surface area contributed by atoms with Gasteiger partial charge in [-0.15, -0.1) is 0 Å². The number of sulfonamides is 1. The summed E-state index contributed by atoms with van der Waals surface area (Å²) in [5.74, 6) is 1.33. The minimum absolute atomic E-state index is 0.255. The molecule has 0 saturated heterocycles. The lowest BCUT2D eigenvalue weighted by molar-refractivity contribution is -0.119. The maximum atomic E-state index is 12.4. The maximum absolute atomic E-state index is 12.4. The summed E-state index contributed by atoms with van der Waals surface area (Å²) >= 11 is 0. The second kappa shape index (κ2) is 9.25. The molecular formula is C21H26N2O6S. The van der Waals surface area contributed by atoms with Gasteiger partial charge in [0.25, 0.3) is 0 Å². The van der Waals surface area contributed by atoms with E-state index < -0.39 is 15.9 Å². The molecule has 3 rings (SSSR count). The summed E-state index contributed by atoms with van der Waals surface area (Å²) in [7, 11) is -3.68. The largest absolute Gasteiger partial charge is 0.491 e. The molecule has 0 fully saturated rings. The van der Waals surface area contributed by atoms with E-state index >= 15 is 0 Å². The normalized spacial score (nSPS) is 12.9. The van der Waals surface area contributed by atoms with E-state index in [0.29, 0.717) is 30.4 Å². The zero-order valence-electron chi connectivity index (χ0n) is 17.3. The van der Waals surface area contributed by atoms with E-state index in [0.717, 1.165) is 27.4 Å². The zero-order valence-corrected chi connectivity index (χ0v) is 18.1. The fraction of sp³-hybridized carbons (Fsp3) is 0.381. The maximum Gasteiger partial charge on any atom is 0.240 e. The van der Waals surface area contributed by atoms with Gasteiger partial charge in [-0.1, -0.05) is 12.1 Å². The van der Waals surface area contributed by atoms with E-state index in [2.05, 4.69) is 5.32 Å². The summed E-state index contributed by atoms with van der Waals surface area (Å²) in [4.78, 5) is 12.4. The van der Waals surface area contributed by atoms with Crippen molar-refractivity contribution in [1.29, 1.82) is 0 Å². The average Bonchev–Trinajstić information content (AvgIpc) is 2.70. The first-order valence-corrected chi connectivity index (χ1v) is 11.4. The van der Waals surface area contributed by atoms with Gasteiger partial charge >= 0.3 is 0 Å². The molecule has 1 heterocycles. The van der Waals surface area contributed by atoms with E-state index in [1.807, 2.05) is 32.0 Å². The number of fused-ring (bicyclic) bond motifs is 1. The number of ether oxygens (including phenoxy) is 3. The van der Waals surface area contributed by atoms with Gasteiger partial charge in [0.2, 0.25) is 15.9 Å². The molecule has 30 heavy (non-hydrogen) atoms. The van der Waals surface area contributed by atoms with Crippen LogP contribution in [-0.4, -0.2) is 53.5 Å². The third-order valence-electron chi connectivity index (χ3n) is 4.53. The van der Waals surface area contributed by atoms with Crippen LogP contribution >= 0.6 is 0 Å². The number of amides is 1. The molecule has 8 nitrogen and oxygen atoms in total. The molecule has 2 aromatic carbocycles. The van der Waals surface area contributed by atoms with Gasteiger partial charge in [0.15, 0.2) is 11.5 Å². The molecule has 0 radical (unpaired) electrons. The third kappa shape index (κ3) is 5.56. The Kier molecular flexibility index (Phi) is 6.71. The SMILES string of the molecule is Cc1ccc(C)c(OCCNC(=O)CN(c2ccc3c(c2)OCCO3)S(C)(=O)=O)c1. The Bertz CT molecular complexity index is 1020. The Morgan fingerprint density at radius 2 is 1.83 bits per heavy atom. The van der Waals surface area contributed by atoms with Gasteiger partial charge < -0.3 is 19.5 Å². The Labute approximate surface area is 176 Å². The van der Waals surface area contributed by atoms with Crippen LogP contribution in [0.1, 0.15) is 11.1 Å². The van der Waals surface area contributed by atoms with Crippen LogP contribution in [0.15, 0.2) is 36.4 Å². The van der Waals surface area contributed by atoms with Gasteiger partial charge in [-0.3, -0.25) is 9.10 Å². The van der Waals surface area contributed by atoms with Crippen LogP contribution in [-0.2, 0) is 14.8 Å².